The fraction of sp³-hybridized carbons (Fsp3) is 0.429. The first kappa shape index (κ1) is 11.8. The summed E-state index contributed by atoms with van der Waals surface area (Å²) in [5, 5.41) is 2.43. The molecule has 0 radical (unpaired) electrons. The molecule has 0 bridgehead atoms. The number of carbonyl (C=O) groups is 2. The van der Waals surface area contributed by atoms with Crippen molar-refractivity contribution in [1.82, 2.24) is 5.32 Å². The minimum Gasteiger partial charge on any atom is -0.296 e. The number of hydrogen-bond donors (Lipinski definition) is 1. The standard InChI is InChI=1S/C14H17NO2/c1-9(2)13-11(8-12(16)15-14(13)17)10-6-4-3-5-7-10/h3-7,9,11,13H,8H2,1-2H3,(H,15,16,17). The van der Waals surface area contributed by atoms with E-state index in [1.807, 2.05) is 44.2 Å². The van der Waals surface area contributed by atoms with E-state index < -0.39 is 0 Å². The predicted octanol–water partition coefficient (Wildman–Crippen LogP) is 2.09. The van der Waals surface area contributed by atoms with Crippen LogP contribution in [-0.2, 0) is 9.59 Å². The lowest BCUT2D eigenvalue weighted by atomic mass is 9.75. The van der Waals surface area contributed by atoms with Gasteiger partial charge in [0.1, 0.15) is 0 Å². The van der Waals surface area contributed by atoms with Crippen LogP contribution in [0, 0.1) is 11.8 Å². The molecule has 1 aliphatic heterocycles. The van der Waals surface area contributed by atoms with Gasteiger partial charge in [-0.3, -0.25) is 14.9 Å². The topological polar surface area (TPSA) is 46.2 Å². The van der Waals surface area contributed by atoms with Crippen molar-refractivity contribution in [3.63, 3.8) is 0 Å². The quantitative estimate of drug-likeness (QED) is 0.792. The molecule has 1 saturated heterocycles. The summed E-state index contributed by atoms with van der Waals surface area (Å²) < 4.78 is 0. The highest BCUT2D eigenvalue weighted by molar-refractivity contribution is 6.00. The lowest BCUT2D eigenvalue weighted by molar-refractivity contribution is -0.138. The van der Waals surface area contributed by atoms with Gasteiger partial charge in [0.2, 0.25) is 11.8 Å². The van der Waals surface area contributed by atoms with Crippen molar-refractivity contribution in [3.05, 3.63) is 35.9 Å². The van der Waals surface area contributed by atoms with Crippen LogP contribution in [-0.4, -0.2) is 11.8 Å². The lowest BCUT2D eigenvalue weighted by Gasteiger charge is -2.32. The average Bonchev–Trinajstić information content (AvgIpc) is 2.28. The van der Waals surface area contributed by atoms with Gasteiger partial charge < -0.3 is 0 Å². The third-order valence-electron chi connectivity index (χ3n) is 3.35. The molecule has 17 heavy (non-hydrogen) atoms. The van der Waals surface area contributed by atoms with Gasteiger partial charge in [0, 0.05) is 18.3 Å². The summed E-state index contributed by atoms with van der Waals surface area (Å²) in [7, 11) is 0. The maximum absolute atomic E-state index is 11.9. The highest BCUT2D eigenvalue weighted by Gasteiger charge is 2.38. The smallest absolute Gasteiger partial charge is 0.230 e. The molecule has 3 heteroatoms. The molecule has 1 fully saturated rings. The minimum absolute atomic E-state index is 0.0115. The molecule has 1 N–H and O–H groups in total. The Morgan fingerprint density at radius 2 is 1.82 bits per heavy atom. The molecular weight excluding hydrogens is 214 g/mol. The first-order chi connectivity index (χ1) is 8.09. The molecule has 0 aromatic heterocycles. The second-order valence-electron chi connectivity index (χ2n) is 4.90. The summed E-state index contributed by atoms with van der Waals surface area (Å²) in [5.41, 5.74) is 1.08. The van der Waals surface area contributed by atoms with Gasteiger partial charge in [0.25, 0.3) is 0 Å². The number of amides is 2. The summed E-state index contributed by atoms with van der Waals surface area (Å²) in [6.45, 7) is 4.05. The van der Waals surface area contributed by atoms with Crippen molar-refractivity contribution in [3.8, 4) is 0 Å². The Morgan fingerprint density at radius 1 is 1.18 bits per heavy atom. The van der Waals surface area contributed by atoms with Gasteiger partial charge in [0.15, 0.2) is 0 Å². The highest BCUT2D eigenvalue weighted by Crippen LogP contribution is 2.35. The summed E-state index contributed by atoms with van der Waals surface area (Å²) in [6.07, 6.45) is 0.401. The molecule has 2 amide bonds. The lowest BCUT2D eigenvalue weighted by Crippen LogP contribution is -2.46. The van der Waals surface area contributed by atoms with E-state index in [0.717, 1.165) is 5.56 Å². The summed E-state index contributed by atoms with van der Waals surface area (Å²) in [4.78, 5) is 23.4. The molecule has 90 valence electrons. The van der Waals surface area contributed by atoms with Crippen LogP contribution in [0.3, 0.4) is 0 Å². The summed E-state index contributed by atoms with van der Waals surface area (Å²) >= 11 is 0. The maximum atomic E-state index is 11.9. The zero-order chi connectivity index (χ0) is 12.4. The second-order valence-corrected chi connectivity index (χ2v) is 4.90. The zero-order valence-corrected chi connectivity index (χ0v) is 10.1. The van der Waals surface area contributed by atoms with Gasteiger partial charge in [0.05, 0.1) is 0 Å². The monoisotopic (exact) mass is 231 g/mol. The third-order valence-corrected chi connectivity index (χ3v) is 3.35. The SMILES string of the molecule is CC(C)C1C(=O)NC(=O)CC1c1ccccc1. The molecule has 1 aromatic carbocycles. The van der Waals surface area contributed by atoms with Crippen molar-refractivity contribution >= 4 is 11.8 Å². The van der Waals surface area contributed by atoms with E-state index in [9.17, 15) is 9.59 Å². The third kappa shape index (κ3) is 2.38. The van der Waals surface area contributed by atoms with Crippen molar-refractivity contribution in [2.75, 3.05) is 0 Å². The Balaban J connectivity index is 2.34. The van der Waals surface area contributed by atoms with Gasteiger partial charge in [-0.2, -0.15) is 0 Å². The molecule has 0 spiro atoms. The number of carbonyl (C=O) groups excluding carboxylic acids is 2. The summed E-state index contributed by atoms with van der Waals surface area (Å²) in [5.74, 6) is -0.174. The van der Waals surface area contributed by atoms with E-state index in [4.69, 9.17) is 0 Å². The number of nitrogens with one attached hydrogen (secondary N) is 1. The van der Waals surface area contributed by atoms with Crippen molar-refractivity contribution in [1.29, 1.82) is 0 Å². The van der Waals surface area contributed by atoms with Crippen LogP contribution < -0.4 is 5.32 Å². The van der Waals surface area contributed by atoms with Crippen LogP contribution in [0.5, 0.6) is 0 Å². The average molecular weight is 231 g/mol. The second kappa shape index (κ2) is 4.70. The van der Waals surface area contributed by atoms with Crippen LogP contribution in [0.15, 0.2) is 30.3 Å². The maximum Gasteiger partial charge on any atom is 0.230 e. The van der Waals surface area contributed by atoms with Gasteiger partial charge in [-0.1, -0.05) is 44.2 Å². The van der Waals surface area contributed by atoms with E-state index >= 15 is 0 Å². The fourth-order valence-corrected chi connectivity index (χ4v) is 2.57. The number of rotatable bonds is 2. The molecule has 1 aliphatic rings. The Kier molecular flexibility index (Phi) is 3.27. The van der Waals surface area contributed by atoms with E-state index in [2.05, 4.69) is 5.32 Å². The Hall–Kier alpha value is -1.64. The van der Waals surface area contributed by atoms with Crippen LogP contribution in [0.2, 0.25) is 0 Å². The molecule has 0 saturated carbocycles. The molecule has 2 rings (SSSR count). The van der Waals surface area contributed by atoms with Gasteiger partial charge in [-0.05, 0) is 11.5 Å². The number of piperidine rings is 1. The molecule has 1 heterocycles. The van der Waals surface area contributed by atoms with Crippen LogP contribution in [0.1, 0.15) is 31.7 Å². The zero-order valence-electron chi connectivity index (χ0n) is 10.1. The van der Waals surface area contributed by atoms with Gasteiger partial charge >= 0.3 is 0 Å². The molecule has 3 nitrogen and oxygen atoms in total. The largest absolute Gasteiger partial charge is 0.296 e. The summed E-state index contributed by atoms with van der Waals surface area (Å²) in [6, 6.07) is 9.82. The Morgan fingerprint density at radius 3 is 2.41 bits per heavy atom. The first-order valence-electron chi connectivity index (χ1n) is 5.98. The van der Waals surface area contributed by atoms with E-state index in [1.54, 1.807) is 0 Å². The molecule has 0 aliphatic carbocycles. The van der Waals surface area contributed by atoms with Crippen molar-refractivity contribution < 1.29 is 9.59 Å². The Bertz CT molecular complexity index is 425. The molecule has 2 atom stereocenters. The van der Waals surface area contributed by atoms with Crippen molar-refractivity contribution in [2.24, 2.45) is 11.8 Å². The van der Waals surface area contributed by atoms with Crippen molar-refractivity contribution in [2.45, 2.75) is 26.2 Å². The fourth-order valence-electron chi connectivity index (χ4n) is 2.57. The molecular formula is C14H17NO2. The molecule has 2 unspecified atom stereocenters. The number of benzene rings is 1. The van der Waals surface area contributed by atoms with Crippen LogP contribution in [0.4, 0.5) is 0 Å². The molecule has 1 aromatic rings. The normalized spacial score (nSPS) is 24.9. The van der Waals surface area contributed by atoms with E-state index in [-0.39, 0.29) is 29.6 Å². The first-order valence-corrected chi connectivity index (χ1v) is 5.98. The van der Waals surface area contributed by atoms with E-state index in [1.165, 1.54) is 0 Å². The van der Waals surface area contributed by atoms with Gasteiger partial charge in [-0.25, -0.2) is 0 Å². The number of hydrogen-bond acceptors (Lipinski definition) is 2. The highest BCUT2D eigenvalue weighted by atomic mass is 16.2. The Labute approximate surface area is 101 Å². The van der Waals surface area contributed by atoms with Gasteiger partial charge in [-0.15, -0.1) is 0 Å². The van der Waals surface area contributed by atoms with E-state index in [0.29, 0.717) is 6.42 Å². The number of imide groups is 1. The predicted molar refractivity (Wildman–Crippen MR) is 65.3 cm³/mol. The van der Waals surface area contributed by atoms with Crippen LogP contribution in [0.25, 0.3) is 0 Å². The minimum atomic E-state index is -0.166. The van der Waals surface area contributed by atoms with Crippen LogP contribution >= 0.6 is 0 Å².